The zero-order valence-corrected chi connectivity index (χ0v) is 6.33. The quantitative estimate of drug-likeness (QED) is 0.450. The van der Waals surface area contributed by atoms with Crippen LogP contribution in [-0.2, 0) is 9.63 Å². The van der Waals surface area contributed by atoms with Crippen LogP contribution in [0.4, 0.5) is 0 Å². The molecule has 0 fully saturated rings. The molecule has 60 valence electrons. The Morgan fingerprint density at radius 3 is 2.60 bits per heavy atom. The maximum atomic E-state index is 9.97. The van der Waals surface area contributed by atoms with Gasteiger partial charge < -0.3 is 5.11 Å². The molecule has 0 unspecified atom stereocenters. The van der Waals surface area contributed by atoms with Gasteiger partial charge in [-0.15, -0.1) is 0 Å². The summed E-state index contributed by atoms with van der Waals surface area (Å²) >= 11 is 0. The van der Waals surface area contributed by atoms with E-state index in [0.29, 0.717) is 13.0 Å². The smallest absolute Gasteiger partial charge is 0.303 e. The summed E-state index contributed by atoms with van der Waals surface area (Å²) in [5.41, 5.74) is 0. The van der Waals surface area contributed by atoms with Crippen LogP contribution >= 0.6 is 0 Å². The van der Waals surface area contributed by atoms with Crippen molar-refractivity contribution in [1.82, 2.24) is 5.06 Å². The molecule has 0 aliphatic rings. The summed E-state index contributed by atoms with van der Waals surface area (Å²) in [6.45, 7) is 0.472. The van der Waals surface area contributed by atoms with Gasteiger partial charge in [0.1, 0.15) is 0 Å². The van der Waals surface area contributed by atoms with Gasteiger partial charge in [-0.3, -0.25) is 9.63 Å². The van der Waals surface area contributed by atoms with Crippen LogP contribution < -0.4 is 0 Å². The molecule has 0 spiro atoms. The van der Waals surface area contributed by atoms with E-state index in [9.17, 15) is 4.79 Å². The fourth-order valence-electron chi connectivity index (χ4n) is 0.471. The minimum atomic E-state index is -0.776. The molecule has 0 saturated heterocycles. The fraction of sp³-hybridized carbons (Fsp3) is 0.833. The van der Waals surface area contributed by atoms with E-state index >= 15 is 0 Å². The summed E-state index contributed by atoms with van der Waals surface area (Å²) in [5.74, 6) is -0.776. The normalized spacial score (nSPS) is 10.3. The lowest BCUT2D eigenvalue weighted by Gasteiger charge is -2.08. The van der Waals surface area contributed by atoms with Crippen LogP contribution in [0.5, 0.6) is 0 Å². The molecule has 4 heteroatoms. The number of hydrogen-bond acceptors (Lipinski definition) is 3. The van der Waals surface area contributed by atoms with Gasteiger partial charge in [0.2, 0.25) is 0 Å². The van der Waals surface area contributed by atoms with E-state index in [4.69, 9.17) is 9.94 Å². The number of carboxylic acids is 1. The lowest BCUT2D eigenvalue weighted by Crippen LogP contribution is -2.13. The molecule has 0 amide bonds. The van der Waals surface area contributed by atoms with Crippen LogP contribution in [0.25, 0.3) is 0 Å². The average molecular weight is 147 g/mol. The Balaban J connectivity index is 2.98. The van der Waals surface area contributed by atoms with Gasteiger partial charge in [0.15, 0.2) is 0 Å². The first kappa shape index (κ1) is 9.39. The van der Waals surface area contributed by atoms with Crippen molar-refractivity contribution in [2.75, 3.05) is 20.7 Å². The lowest BCUT2D eigenvalue weighted by molar-refractivity contribution is -0.141. The minimum absolute atomic E-state index is 0.174. The van der Waals surface area contributed by atoms with E-state index in [1.165, 1.54) is 0 Å². The molecule has 0 bridgehead atoms. The van der Waals surface area contributed by atoms with Crippen LogP contribution in [0.1, 0.15) is 12.8 Å². The summed E-state index contributed by atoms with van der Waals surface area (Å²) in [4.78, 5) is 14.9. The molecule has 0 aliphatic carbocycles. The number of hydrogen-bond donors (Lipinski definition) is 1. The second-order valence-corrected chi connectivity index (χ2v) is 2.14. The predicted octanol–water partition coefficient (Wildman–Crippen LogP) is 0.344. The van der Waals surface area contributed by atoms with E-state index in [1.807, 2.05) is 0 Å². The Morgan fingerprint density at radius 1 is 1.60 bits per heavy atom. The molecule has 0 radical (unpaired) electrons. The molecule has 0 rings (SSSR count). The monoisotopic (exact) mass is 147 g/mol. The highest BCUT2D eigenvalue weighted by Crippen LogP contribution is 1.90. The summed E-state index contributed by atoms with van der Waals surface area (Å²) in [5, 5.41) is 9.77. The number of hydroxylamine groups is 2. The zero-order chi connectivity index (χ0) is 7.98. The molecule has 1 N–H and O–H groups in total. The number of rotatable bonds is 5. The van der Waals surface area contributed by atoms with E-state index in [-0.39, 0.29) is 6.42 Å². The van der Waals surface area contributed by atoms with Crippen LogP contribution in [-0.4, -0.2) is 36.8 Å². The van der Waals surface area contributed by atoms with Crippen molar-refractivity contribution < 1.29 is 14.7 Å². The Kier molecular flexibility index (Phi) is 4.88. The Bertz CT molecular complexity index is 103. The van der Waals surface area contributed by atoms with Crippen LogP contribution in [0.15, 0.2) is 0 Å². The molecule has 0 aliphatic heterocycles. The van der Waals surface area contributed by atoms with Crippen molar-refractivity contribution in [3.63, 3.8) is 0 Å². The second kappa shape index (κ2) is 5.20. The van der Waals surface area contributed by atoms with Gasteiger partial charge in [0, 0.05) is 20.5 Å². The van der Waals surface area contributed by atoms with Gasteiger partial charge in [0.05, 0.1) is 6.61 Å². The predicted molar refractivity (Wildman–Crippen MR) is 36.5 cm³/mol. The number of nitrogens with zero attached hydrogens (tertiary/aromatic N) is 1. The standard InChI is InChI=1S/C6H13NO3/c1-7(2)10-5-3-4-6(8)9/h3-5H2,1-2H3,(H,8,9). The first-order valence-corrected chi connectivity index (χ1v) is 3.15. The number of aliphatic carboxylic acids is 1. The van der Waals surface area contributed by atoms with Gasteiger partial charge >= 0.3 is 5.97 Å². The van der Waals surface area contributed by atoms with Gasteiger partial charge in [-0.1, -0.05) is 0 Å². The van der Waals surface area contributed by atoms with Crippen molar-refractivity contribution in [3.05, 3.63) is 0 Å². The third-order valence-electron chi connectivity index (χ3n) is 0.884. The van der Waals surface area contributed by atoms with Gasteiger partial charge in [0.25, 0.3) is 0 Å². The van der Waals surface area contributed by atoms with Gasteiger partial charge in [-0.2, -0.15) is 5.06 Å². The zero-order valence-electron chi connectivity index (χ0n) is 6.33. The first-order chi connectivity index (χ1) is 4.63. The summed E-state index contributed by atoms with van der Waals surface area (Å²) in [7, 11) is 3.53. The summed E-state index contributed by atoms with van der Waals surface area (Å²) in [6, 6.07) is 0. The topological polar surface area (TPSA) is 49.8 Å². The molecule has 0 aromatic heterocycles. The third-order valence-corrected chi connectivity index (χ3v) is 0.884. The van der Waals surface area contributed by atoms with E-state index in [0.717, 1.165) is 0 Å². The van der Waals surface area contributed by atoms with E-state index in [1.54, 1.807) is 19.2 Å². The molecule has 0 atom stereocenters. The lowest BCUT2D eigenvalue weighted by atomic mass is 10.3. The van der Waals surface area contributed by atoms with Gasteiger partial charge in [-0.05, 0) is 6.42 Å². The van der Waals surface area contributed by atoms with Crippen LogP contribution in [0, 0.1) is 0 Å². The van der Waals surface area contributed by atoms with E-state index < -0.39 is 5.97 Å². The van der Waals surface area contributed by atoms with Crippen molar-refractivity contribution in [2.45, 2.75) is 12.8 Å². The molecule has 0 saturated carbocycles. The Labute approximate surface area is 60.3 Å². The molecule has 0 aromatic rings. The fourth-order valence-corrected chi connectivity index (χ4v) is 0.471. The van der Waals surface area contributed by atoms with Crippen molar-refractivity contribution >= 4 is 5.97 Å². The highest BCUT2D eigenvalue weighted by molar-refractivity contribution is 5.66. The first-order valence-electron chi connectivity index (χ1n) is 3.15. The average Bonchev–Trinajstić information content (AvgIpc) is 1.79. The Hall–Kier alpha value is -0.610. The SMILES string of the molecule is CN(C)OCCCC(=O)O. The van der Waals surface area contributed by atoms with Crippen LogP contribution in [0.2, 0.25) is 0 Å². The maximum Gasteiger partial charge on any atom is 0.303 e. The number of carboxylic acid groups (broad SMARTS) is 1. The van der Waals surface area contributed by atoms with Gasteiger partial charge in [-0.25, -0.2) is 0 Å². The molecule has 0 heterocycles. The summed E-state index contributed by atoms with van der Waals surface area (Å²) < 4.78 is 0. The highest BCUT2D eigenvalue weighted by Gasteiger charge is 1.96. The largest absolute Gasteiger partial charge is 0.481 e. The van der Waals surface area contributed by atoms with Crippen LogP contribution in [0.3, 0.4) is 0 Å². The molecule has 10 heavy (non-hydrogen) atoms. The van der Waals surface area contributed by atoms with Crippen molar-refractivity contribution in [3.8, 4) is 0 Å². The molecular formula is C6H13NO3. The second-order valence-electron chi connectivity index (χ2n) is 2.14. The number of carbonyl (C=O) groups is 1. The highest BCUT2D eigenvalue weighted by atomic mass is 16.7. The Morgan fingerprint density at radius 2 is 2.20 bits per heavy atom. The molecule has 0 aromatic carbocycles. The maximum absolute atomic E-state index is 9.97. The van der Waals surface area contributed by atoms with Crippen molar-refractivity contribution in [1.29, 1.82) is 0 Å². The molecular weight excluding hydrogens is 134 g/mol. The molecule has 4 nitrogen and oxygen atoms in total. The van der Waals surface area contributed by atoms with E-state index in [2.05, 4.69) is 0 Å². The summed E-state index contributed by atoms with van der Waals surface area (Å²) in [6.07, 6.45) is 0.737. The minimum Gasteiger partial charge on any atom is -0.481 e. The third kappa shape index (κ3) is 7.39. The van der Waals surface area contributed by atoms with Crippen molar-refractivity contribution in [2.24, 2.45) is 0 Å².